The van der Waals surface area contributed by atoms with Crippen LogP contribution in [0.25, 0.3) is 0 Å². The minimum absolute atomic E-state index is 0.00206. The highest BCUT2D eigenvalue weighted by Gasteiger charge is 2.25. The third-order valence-corrected chi connectivity index (χ3v) is 3.69. The van der Waals surface area contributed by atoms with E-state index in [4.69, 9.17) is 0 Å². The summed E-state index contributed by atoms with van der Waals surface area (Å²) in [5, 5.41) is 4.12. The molecule has 16 heavy (non-hydrogen) atoms. The third-order valence-electron chi connectivity index (χ3n) is 2.38. The van der Waals surface area contributed by atoms with E-state index in [1.54, 1.807) is 30.8 Å². The lowest BCUT2D eigenvalue weighted by molar-refractivity contribution is 0.605. The standard InChI is InChI=1S/C12H15FN2S/c1-8-6-9(4-5-10(8)13)14-11-15-12(2,3)7-16-11/h4-6H,7H2,1-3H3,(H,14,15). The predicted molar refractivity (Wildman–Crippen MR) is 68.7 cm³/mol. The van der Waals surface area contributed by atoms with E-state index in [9.17, 15) is 4.39 Å². The molecule has 0 radical (unpaired) electrons. The normalized spacial score (nSPS) is 18.4. The van der Waals surface area contributed by atoms with Gasteiger partial charge in [-0.3, -0.25) is 4.99 Å². The lowest BCUT2D eigenvalue weighted by Crippen LogP contribution is -2.15. The molecule has 0 bridgehead atoms. The first-order valence-electron chi connectivity index (χ1n) is 5.22. The zero-order valence-electron chi connectivity index (χ0n) is 9.67. The van der Waals surface area contributed by atoms with Gasteiger partial charge < -0.3 is 5.32 Å². The lowest BCUT2D eigenvalue weighted by Gasteiger charge is -2.09. The van der Waals surface area contributed by atoms with Crippen LogP contribution in [0.1, 0.15) is 19.4 Å². The van der Waals surface area contributed by atoms with Crippen molar-refractivity contribution in [3.05, 3.63) is 29.6 Å². The molecule has 0 saturated heterocycles. The summed E-state index contributed by atoms with van der Waals surface area (Å²) < 4.78 is 13.1. The summed E-state index contributed by atoms with van der Waals surface area (Å²) >= 11 is 1.70. The van der Waals surface area contributed by atoms with E-state index in [1.807, 2.05) is 0 Å². The van der Waals surface area contributed by atoms with Gasteiger partial charge in [0.05, 0.1) is 5.54 Å². The van der Waals surface area contributed by atoms with Gasteiger partial charge in [0, 0.05) is 11.4 Å². The summed E-state index contributed by atoms with van der Waals surface area (Å²) in [6.45, 7) is 5.96. The molecule has 86 valence electrons. The molecule has 0 fully saturated rings. The Morgan fingerprint density at radius 2 is 2.19 bits per heavy atom. The van der Waals surface area contributed by atoms with Crippen LogP contribution in [0.15, 0.2) is 23.2 Å². The molecule has 1 heterocycles. The molecule has 1 aliphatic heterocycles. The monoisotopic (exact) mass is 238 g/mol. The molecule has 0 saturated carbocycles. The Morgan fingerprint density at radius 3 is 2.75 bits per heavy atom. The van der Waals surface area contributed by atoms with Crippen LogP contribution in [-0.2, 0) is 0 Å². The second kappa shape index (κ2) is 4.09. The number of halogens is 1. The number of rotatable bonds is 1. The first kappa shape index (κ1) is 11.5. The van der Waals surface area contributed by atoms with Gasteiger partial charge in [-0.25, -0.2) is 4.39 Å². The molecule has 1 aromatic rings. The number of hydrogen-bond acceptors (Lipinski definition) is 3. The van der Waals surface area contributed by atoms with Crippen molar-refractivity contribution in [3.8, 4) is 0 Å². The number of amidine groups is 1. The fourth-order valence-corrected chi connectivity index (χ4v) is 2.55. The number of nitrogens with zero attached hydrogens (tertiary/aromatic N) is 1. The van der Waals surface area contributed by atoms with Gasteiger partial charge in [-0.1, -0.05) is 11.8 Å². The van der Waals surface area contributed by atoms with E-state index in [2.05, 4.69) is 24.2 Å². The van der Waals surface area contributed by atoms with E-state index in [-0.39, 0.29) is 11.4 Å². The Kier molecular flexibility index (Phi) is 2.93. The van der Waals surface area contributed by atoms with Crippen LogP contribution in [0, 0.1) is 12.7 Å². The van der Waals surface area contributed by atoms with Crippen molar-refractivity contribution in [1.29, 1.82) is 0 Å². The van der Waals surface area contributed by atoms with Crippen molar-refractivity contribution in [3.63, 3.8) is 0 Å². The molecule has 0 aliphatic carbocycles. The summed E-state index contributed by atoms with van der Waals surface area (Å²) in [5.41, 5.74) is 1.54. The van der Waals surface area contributed by atoms with Gasteiger partial charge in [0.25, 0.3) is 0 Å². The lowest BCUT2D eigenvalue weighted by atomic mass is 10.1. The van der Waals surface area contributed by atoms with E-state index < -0.39 is 0 Å². The minimum atomic E-state index is -0.174. The molecule has 1 N–H and O–H groups in total. The van der Waals surface area contributed by atoms with Crippen molar-refractivity contribution < 1.29 is 4.39 Å². The molecule has 1 aromatic carbocycles. The van der Waals surface area contributed by atoms with Crippen molar-refractivity contribution in [2.75, 3.05) is 11.1 Å². The fraction of sp³-hybridized carbons (Fsp3) is 0.417. The fourth-order valence-electron chi connectivity index (χ4n) is 1.49. The molecule has 2 rings (SSSR count). The van der Waals surface area contributed by atoms with E-state index >= 15 is 0 Å². The van der Waals surface area contributed by atoms with Gasteiger partial charge in [-0.05, 0) is 44.5 Å². The summed E-state index contributed by atoms with van der Waals surface area (Å²) in [6, 6.07) is 5.00. The SMILES string of the molecule is Cc1cc(NC2=NC(C)(C)CS2)ccc1F. The molecule has 0 aromatic heterocycles. The second-order valence-electron chi connectivity index (χ2n) is 4.61. The molecule has 1 aliphatic rings. The highest BCUT2D eigenvalue weighted by molar-refractivity contribution is 8.14. The van der Waals surface area contributed by atoms with Gasteiger partial charge in [0.1, 0.15) is 5.82 Å². The summed E-state index contributed by atoms with van der Waals surface area (Å²) in [7, 11) is 0. The van der Waals surface area contributed by atoms with Crippen molar-refractivity contribution >= 4 is 22.6 Å². The Labute approximate surface area is 99.3 Å². The number of benzene rings is 1. The van der Waals surface area contributed by atoms with E-state index in [1.165, 1.54) is 6.07 Å². The zero-order valence-corrected chi connectivity index (χ0v) is 10.5. The van der Waals surface area contributed by atoms with Crippen LogP contribution in [0.5, 0.6) is 0 Å². The summed E-state index contributed by atoms with van der Waals surface area (Å²) in [6.07, 6.45) is 0. The third kappa shape index (κ3) is 2.55. The number of anilines is 1. The van der Waals surface area contributed by atoms with Crippen LogP contribution >= 0.6 is 11.8 Å². The molecule has 0 atom stereocenters. The quantitative estimate of drug-likeness (QED) is 0.810. The Bertz CT molecular complexity index is 441. The number of nitrogens with one attached hydrogen (secondary N) is 1. The maximum absolute atomic E-state index is 13.1. The minimum Gasteiger partial charge on any atom is -0.335 e. The Morgan fingerprint density at radius 1 is 1.44 bits per heavy atom. The Hall–Kier alpha value is -1.03. The van der Waals surface area contributed by atoms with Crippen molar-refractivity contribution in [2.24, 2.45) is 4.99 Å². The molecule has 0 spiro atoms. The van der Waals surface area contributed by atoms with E-state index in [0.29, 0.717) is 5.56 Å². The molecule has 2 nitrogen and oxygen atoms in total. The van der Waals surface area contributed by atoms with Crippen LogP contribution < -0.4 is 5.32 Å². The van der Waals surface area contributed by atoms with Gasteiger partial charge >= 0.3 is 0 Å². The van der Waals surface area contributed by atoms with Gasteiger partial charge in [-0.15, -0.1) is 0 Å². The molecule has 0 unspecified atom stereocenters. The number of thioether (sulfide) groups is 1. The maximum Gasteiger partial charge on any atom is 0.161 e. The summed E-state index contributed by atoms with van der Waals surface area (Å²) in [5.74, 6) is 0.807. The van der Waals surface area contributed by atoms with Gasteiger partial charge in [0.2, 0.25) is 0 Å². The molecule has 4 heteroatoms. The smallest absolute Gasteiger partial charge is 0.161 e. The van der Waals surface area contributed by atoms with Crippen LogP contribution in [-0.4, -0.2) is 16.5 Å². The maximum atomic E-state index is 13.1. The topological polar surface area (TPSA) is 24.4 Å². The van der Waals surface area contributed by atoms with Gasteiger partial charge in [0.15, 0.2) is 5.17 Å². The zero-order chi connectivity index (χ0) is 11.8. The van der Waals surface area contributed by atoms with Crippen molar-refractivity contribution in [1.82, 2.24) is 0 Å². The first-order chi connectivity index (χ1) is 7.46. The largest absolute Gasteiger partial charge is 0.335 e. The number of aryl methyl sites for hydroxylation is 1. The van der Waals surface area contributed by atoms with Crippen LogP contribution in [0.3, 0.4) is 0 Å². The average Bonchev–Trinajstić information content (AvgIpc) is 2.52. The summed E-state index contributed by atoms with van der Waals surface area (Å²) in [4.78, 5) is 4.54. The van der Waals surface area contributed by atoms with Crippen molar-refractivity contribution in [2.45, 2.75) is 26.3 Å². The Balaban J connectivity index is 2.13. The van der Waals surface area contributed by atoms with Crippen LogP contribution in [0.2, 0.25) is 0 Å². The van der Waals surface area contributed by atoms with Crippen LogP contribution in [0.4, 0.5) is 10.1 Å². The highest BCUT2D eigenvalue weighted by Crippen LogP contribution is 2.28. The van der Waals surface area contributed by atoms with Gasteiger partial charge in [-0.2, -0.15) is 0 Å². The number of hydrogen-bond donors (Lipinski definition) is 1. The highest BCUT2D eigenvalue weighted by atomic mass is 32.2. The van der Waals surface area contributed by atoms with E-state index in [0.717, 1.165) is 16.6 Å². The molecule has 0 amide bonds. The predicted octanol–water partition coefficient (Wildman–Crippen LogP) is 3.43. The second-order valence-corrected chi connectivity index (χ2v) is 5.57. The number of aliphatic imine (C=N–C) groups is 1. The first-order valence-corrected chi connectivity index (χ1v) is 6.21. The molecular formula is C12H15FN2S. The average molecular weight is 238 g/mol. The molecular weight excluding hydrogens is 223 g/mol.